The summed E-state index contributed by atoms with van der Waals surface area (Å²) in [7, 11) is 0. The minimum atomic E-state index is 0.0456. The molecule has 0 amide bonds. The van der Waals surface area contributed by atoms with Gasteiger partial charge in [0.2, 0.25) is 0 Å². The third-order valence-corrected chi connectivity index (χ3v) is 2.79. The number of benzene rings is 1. The summed E-state index contributed by atoms with van der Waals surface area (Å²) >= 11 is 0. The molecule has 0 saturated carbocycles. The fourth-order valence-corrected chi connectivity index (χ4v) is 1.72. The molecule has 0 saturated heterocycles. The fraction of sp³-hybridized carbons (Fsp3) is 0.357. The zero-order chi connectivity index (χ0) is 11.8. The molecule has 2 aromatic rings. The first kappa shape index (κ1) is 11.1. The van der Waals surface area contributed by atoms with Gasteiger partial charge < -0.3 is 5.11 Å². The van der Waals surface area contributed by atoms with Crippen LogP contribution in [0.1, 0.15) is 31.9 Å². The second kappa shape index (κ2) is 3.87. The lowest BCUT2D eigenvalue weighted by Gasteiger charge is -2.19. The maximum Gasteiger partial charge on any atom is 0.0705 e. The van der Waals surface area contributed by atoms with E-state index in [1.54, 1.807) is 6.20 Å². The van der Waals surface area contributed by atoms with Crippen molar-refractivity contribution in [1.82, 2.24) is 4.98 Å². The topological polar surface area (TPSA) is 33.1 Å². The van der Waals surface area contributed by atoms with E-state index in [9.17, 15) is 0 Å². The van der Waals surface area contributed by atoms with Crippen LogP contribution < -0.4 is 0 Å². The van der Waals surface area contributed by atoms with Crippen molar-refractivity contribution in [3.05, 3.63) is 41.6 Å². The van der Waals surface area contributed by atoms with E-state index in [2.05, 4.69) is 44.0 Å². The molecule has 1 aromatic heterocycles. The van der Waals surface area contributed by atoms with E-state index < -0.39 is 0 Å². The molecule has 0 bridgehead atoms. The maximum atomic E-state index is 9.04. The van der Waals surface area contributed by atoms with Crippen LogP contribution in [0, 0.1) is 0 Å². The number of rotatable bonds is 1. The van der Waals surface area contributed by atoms with Gasteiger partial charge in [0, 0.05) is 11.6 Å². The molecular weight excluding hydrogens is 198 g/mol. The van der Waals surface area contributed by atoms with Crippen molar-refractivity contribution in [3.63, 3.8) is 0 Å². The SMILES string of the molecule is CC(C)(C)c1ccc2cc(CO)cnc2c1. The highest BCUT2D eigenvalue weighted by atomic mass is 16.3. The Morgan fingerprint density at radius 3 is 2.56 bits per heavy atom. The fourth-order valence-electron chi connectivity index (χ4n) is 1.72. The maximum absolute atomic E-state index is 9.04. The van der Waals surface area contributed by atoms with Gasteiger partial charge in [-0.1, -0.05) is 32.9 Å². The van der Waals surface area contributed by atoms with Crippen LogP contribution in [-0.4, -0.2) is 10.1 Å². The summed E-state index contributed by atoms with van der Waals surface area (Å²) in [5.41, 5.74) is 3.27. The van der Waals surface area contributed by atoms with E-state index in [0.29, 0.717) is 0 Å². The van der Waals surface area contributed by atoms with Gasteiger partial charge in [0.15, 0.2) is 0 Å². The van der Waals surface area contributed by atoms with Gasteiger partial charge in [0.1, 0.15) is 0 Å². The molecule has 0 unspecified atom stereocenters. The lowest BCUT2D eigenvalue weighted by atomic mass is 9.86. The predicted octanol–water partition coefficient (Wildman–Crippen LogP) is 3.02. The van der Waals surface area contributed by atoms with Crippen molar-refractivity contribution < 1.29 is 5.11 Å². The van der Waals surface area contributed by atoms with Gasteiger partial charge in [-0.3, -0.25) is 4.98 Å². The molecular formula is C14H17NO. The Morgan fingerprint density at radius 2 is 1.94 bits per heavy atom. The van der Waals surface area contributed by atoms with Crippen LogP contribution in [0.25, 0.3) is 10.9 Å². The van der Waals surface area contributed by atoms with Crippen LogP contribution in [0.2, 0.25) is 0 Å². The summed E-state index contributed by atoms with van der Waals surface area (Å²) in [6.45, 7) is 6.62. The van der Waals surface area contributed by atoms with Crippen LogP contribution in [0.15, 0.2) is 30.5 Å². The number of aliphatic hydroxyl groups excluding tert-OH is 1. The predicted molar refractivity (Wildman–Crippen MR) is 66.4 cm³/mol. The molecule has 0 aliphatic heterocycles. The Morgan fingerprint density at radius 1 is 1.19 bits per heavy atom. The number of pyridine rings is 1. The molecule has 16 heavy (non-hydrogen) atoms. The van der Waals surface area contributed by atoms with Crippen LogP contribution in [0.5, 0.6) is 0 Å². The zero-order valence-electron chi connectivity index (χ0n) is 9.99. The molecule has 84 valence electrons. The Labute approximate surface area is 96.0 Å². The minimum absolute atomic E-state index is 0.0456. The van der Waals surface area contributed by atoms with E-state index in [4.69, 9.17) is 5.11 Å². The first-order valence-corrected chi connectivity index (χ1v) is 5.51. The third kappa shape index (κ3) is 2.07. The monoisotopic (exact) mass is 215 g/mol. The summed E-state index contributed by atoms with van der Waals surface area (Å²) < 4.78 is 0. The average molecular weight is 215 g/mol. The van der Waals surface area contributed by atoms with Gasteiger partial charge >= 0.3 is 0 Å². The smallest absolute Gasteiger partial charge is 0.0705 e. The highest BCUT2D eigenvalue weighted by molar-refractivity contribution is 5.79. The summed E-state index contributed by atoms with van der Waals surface area (Å²) in [6.07, 6.45) is 1.73. The van der Waals surface area contributed by atoms with Crippen molar-refractivity contribution in [2.45, 2.75) is 32.8 Å². The quantitative estimate of drug-likeness (QED) is 0.793. The first-order valence-electron chi connectivity index (χ1n) is 5.51. The van der Waals surface area contributed by atoms with Gasteiger partial charge in [-0.25, -0.2) is 0 Å². The molecule has 2 heteroatoms. The molecule has 1 aromatic carbocycles. The Hall–Kier alpha value is -1.41. The van der Waals surface area contributed by atoms with Gasteiger partial charge in [-0.05, 0) is 28.7 Å². The van der Waals surface area contributed by atoms with E-state index in [1.165, 1.54) is 5.56 Å². The molecule has 0 spiro atoms. The summed E-state index contributed by atoms with van der Waals surface area (Å²) in [6, 6.07) is 8.30. The molecule has 1 N–H and O–H groups in total. The van der Waals surface area contributed by atoms with Crippen molar-refractivity contribution in [2.24, 2.45) is 0 Å². The van der Waals surface area contributed by atoms with Gasteiger partial charge in [0.25, 0.3) is 0 Å². The Bertz CT molecular complexity index is 512. The second-order valence-electron chi connectivity index (χ2n) is 5.16. The highest BCUT2D eigenvalue weighted by Gasteiger charge is 2.13. The minimum Gasteiger partial charge on any atom is -0.392 e. The number of nitrogens with zero attached hydrogens (tertiary/aromatic N) is 1. The Balaban J connectivity index is 2.56. The van der Waals surface area contributed by atoms with E-state index >= 15 is 0 Å². The standard InChI is InChI=1S/C14H17NO/c1-14(2,3)12-5-4-11-6-10(9-16)8-15-13(11)7-12/h4-8,16H,9H2,1-3H3. The first-order chi connectivity index (χ1) is 7.50. The molecule has 2 rings (SSSR count). The number of aliphatic hydroxyl groups is 1. The van der Waals surface area contributed by atoms with Crippen molar-refractivity contribution >= 4 is 10.9 Å². The van der Waals surface area contributed by atoms with Crippen LogP contribution >= 0.6 is 0 Å². The van der Waals surface area contributed by atoms with E-state index in [1.807, 2.05) is 6.07 Å². The van der Waals surface area contributed by atoms with Crippen LogP contribution in [0.4, 0.5) is 0 Å². The van der Waals surface area contributed by atoms with Crippen molar-refractivity contribution in [2.75, 3.05) is 0 Å². The molecule has 1 heterocycles. The van der Waals surface area contributed by atoms with Crippen LogP contribution in [-0.2, 0) is 12.0 Å². The Kier molecular flexibility index (Phi) is 2.68. The van der Waals surface area contributed by atoms with Crippen molar-refractivity contribution in [3.8, 4) is 0 Å². The van der Waals surface area contributed by atoms with E-state index in [-0.39, 0.29) is 12.0 Å². The number of hydrogen-bond acceptors (Lipinski definition) is 2. The second-order valence-corrected chi connectivity index (χ2v) is 5.16. The third-order valence-electron chi connectivity index (χ3n) is 2.79. The normalized spacial score (nSPS) is 12.0. The van der Waals surface area contributed by atoms with Crippen LogP contribution in [0.3, 0.4) is 0 Å². The largest absolute Gasteiger partial charge is 0.392 e. The number of hydrogen-bond donors (Lipinski definition) is 1. The van der Waals surface area contributed by atoms with Crippen molar-refractivity contribution in [1.29, 1.82) is 0 Å². The summed E-state index contributed by atoms with van der Waals surface area (Å²) in [5, 5.41) is 10.1. The molecule has 0 aliphatic carbocycles. The average Bonchev–Trinajstić information content (AvgIpc) is 2.26. The molecule has 0 atom stereocenters. The zero-order valence-corrected chi connectivity index (χ0v) is 9.99. The molecule has 0 fully saturated rings. The summed E-state index contributed by atoms with van der Waals surface area (Å²) in [4.78, 5) is 4.37. The van der Waals surface area contributed by atoms with E-state index in [0.717, 1.165) is 16.5 Å². The summed E-state index contributed by atoms with van der Waals surface area (Å²) in [5.74, 6) is 0. The van der Waals surface area contributed by atoms with Gasteiger partial charge in [-0.15, -0.1) is 0 Å². The molecule has 0 aliphatic rings. The number of aromatic nitrogens is 1. The molecule has 0 radical (unpaired) electrons. The lowest BCUT2D eigenvalue weighted by molar-refractivity contribution is 0.281. The lowest BCUT2D eigenvalue weighted by Crippen LogP contribution is -2.10. The highest BCUT2D eigenvalue weighted by Crippen LogP contribution is 2.25. The van der Waals surface area contributed by atoms with Gasteiger partial charge in [0.05, 0.1) is 12.1 Å². The van der Waals surface area contributed by atoms with Gasteiger partial charge in [-0.2, -0.15) is 0 Å². The molecule has 2 nitrogen and oxygen atoms in total. The number of fused-ring (bicyclic) bond motifs is 1.